The van der Waals surface area contributed by atoms with Gasteiger partial charge in [0.05, 0.1) is 0 Å². The van der Waals surface area contributed by atoms with Gasteiger partial charge in [0.2, 0.25) is 0 Å². The lowest BCUT2D eigenvalue weighted by molar-refractivity contribution is -0.151. The Hall–Kier alpha value is -1.14. The van der Waals surface area contributed by atoms with Gasteiger partial charge < -0.3 is 20.4 Å². The van der Waals surface area contributed by atoms with Gasteiger partial charge in [0.1, 0.15) is 0 Å². The third kappa shape index (κ3) is 6.32. The standard InChI is InChI=1S/2C8H14O3/c2*9-7(8(10)11)6-4-2-1-3-5-6/h2*6-7,9H,1-5H2,(H,10,11)/t2*7-/m11/s1. The molecule has 0 heterocycles. The second kappa shape index (κ2) is 9.79. The highest BCUT2D eigenvalue weighted by Crippen LogP contribution is 2.27. The van der Waals surface area contributed by atoms with E-state index in [1.165, 1.54) is 12.8 Å². The van der Waals surface area contributed by atoms with Crippen molar-refractivity contribution in [2.75, 3.05) is 0 Å². The predicted octanol–water partition coefficient (Wildman–Crippen LogP) is 2.02. The van der Waals surface area contributed by atoms with Crippen LogP contribution in [0.2, 0.25) is 0 Å². The molecule has 2 rings (SSSR count). The zero-order valence-electron chi connectivity index (χ0n) is 13.0. The Bertz CT molecular complexity index is 311. The Morgan fingerprint density at radius 2 is 0.909 bits per heavy atom. The molecule has 0 bridgehead atoms. The van der Waals surface area contributed by atoms with Crippen LogP contribution in [0.1, 0.15) is 64.2 Å². The minimum Gasteiger partial charge on any atom is -0.479 e. The molecule has 2 aliphatic carbocycles. The first-order valence-corrected chi connectivity index (χ1v) is 8.25. The second-order valence-electron chi connectivity index (χ2n) is 6.36. The summed E-state index contributed by atoms with van der Waals surface area (Å²) in [6, 6.07) is 0. The van der Waals surface area contributed by atoms with Crippen LogP contribution in [0, 0.1) is 11.8 Å². The van der Waals surface area contributed by atoms with E-state index in [0.717, 1.165) is 51.4 Å². The Balaban J connectivity index is 0.000000220. The predicted molar refractivity (Wildman–Crippen MR) is 80.4 cm³/mol. The molecular weight excluding hydrogens is 288 g/mol. The molecule has 2 saturated carbocycles. The third-order valence-electron chi connectivity index (χ3n) is 4.70. The zero-order valence-corrected chi connectivity index (χ0v) is 13.0. The number of carboxylic acid groups (broad SMARTS) is 2. The van der Waals surface area contributed by atoms with E-state index in [0.29, 0.717) is 0 Å². The Morgan fingerprint density at radius 3 is 1.14 bits per heavy atom. The number of carboxylic acids is 2. The van der Waals surface area contributed by atoms with Crippen LogP contribution in [0.3, 0.4) is 0 Å². The molecule has 0 saturated heterocycles. The summed E-state index contributed by atoms with van der Waals surface area (Å²) in [7, 11) is 0. The lowest BCUT2D eigenvalue weighted by Crippen LogP contribution is -2.30. The first-order chi connectivity index (χ1) is 10.4. The fourth-order valence-corrected chi connectivity index (χ4v) is 3.30. The van der Waals surface area contributed by atoms with E-state index in [1.807, 2.05) is 0 Å². The first kappa shape index (κ1) is 18.9. The van der Waals surface area contributed by atoms with E-state index in [2.05, 4.69) is 0 Å². The van der Waals surface area contributed by atoms with Crippen LogP contribution in [0.25, 0.3) is 0 Å². The summed E-state index contributed by atoms with van der Waals surface area (Å²) in [6.07, 6.45) is 7.84. The van der Waals surface area contributed by atoms with E-state index < -0.39 is 24.1 Å². The van der Waals surface area contributed by atoms with Crippen molar-refractivity contribution in [1.82, 2.24) is 0 Å². The monoisotopic (exact) mass is 316 g/mol. The van der Waals surface area contributed by atoms with Gasteiger partial charge in [0.25, 0.3) is 0 Å². The SMILES string of the molecule is O=C(O)[C@H](O)C1CCCCC1.O=C(O)[C@H](O)C1CCCCC1. The van der Waals surface area contributed by atoms with E-state index in [-0.39, 0.29) is 11.8 Å². The average Bonchev–Trinajstić information content (AvgIpc) is 2.55. The number of aliphatic hydroxyl groups is 2. The van der Waals surface area contributed by atoms with E-state index in [1.54, 1.807) is 0 Å². The summed E-state index contributed by atoms with van der Waals surface area (Å²) >= 11 is 0. The van der Waals surface area contributed by atoms with Crippen molar-refractivity contribution < 1.29 is 30.0 Å². The smallest absolute Gasteiger partial charge is 0.332 e. The van der Waals surface area contributed by atoms with Crippen molar-refractivity contribution in [3.8, 4) is 0 Å². The van der Waals surface area contributed by atoms with Gasteiger partial charge in [-0.05, 0) is 37.5 Å². The number of aliphatic hydroxyl groups excluding tert-OH is 2. The summed E-state index contributed by atoms with van der Waals surface area (Å²) in [5.74, 6) is -2.14. The summed E-state index contributed by atoms with van der Waals surface area (Å²) in [6.45, 7) is 0. The van der Waals surface area contributed by atoms with Gasteiger partial charge in [-0.3, -0.25) is 0 Å². The summed E-state index contributed by atoms with van der Waals surface area (Å²) in [4.78, 5) is 20.7. The highest BCUT2D eigenvalue weighted by Gasteiger charge is 2.27. The molecule has 0 aromatic rings. The maximum Gasteiger partial charge on any atom is 0.332 e. The van der Waals surface area contributed by atoms with Crippen molar-refractivity contribution in [2.45, 2.75) is 76.4 Å². The largest absolute Gasteiger partial charge is 0.479 e. The highest BCUT2D eigenvalue weighted by atomic mass is 16.4. The minimum absolute atomic E-state index is 0.00116. The molecule has 6 nitrogen and oxygen atoms in total. The summed E-state index contributed by atoms with van der Waals surface area (Å²) in [5, 5.41) is 35.3. The van der Waals surface area contributed by atoms with Crippen molar-refractivity contribution >= 4 is 11.9 Å². The van der Waals surface area contributed by atoms with Gasteiger partial charge in [-0.15, -0.1) is 0 Å². The fraction of sp³-hybridized carbons (Fsp3) is 0.875. The van der Waals surface area contributed by atoms with Crippen LogP contribution in [-0.4, -0.2) is 44.6 Å². The van der Waals surface area contributed by atoms with Crippen LogP contribution in [0.5, 0.6) is 0 Å². The van der Waals surface area contributed by atoms with Crippen molar-refractivity contribution in [3.05, 3.63) is 0 Å². The molecule has 2 atom stereocenters. The number of hydrogen-bond donors (Lipinski definition) is 4. The van der Waals surface area contributed by atoms with Gasteiger partial charge in [0, 0.05) is 0 Å². The molecule has 0 aromatic carbocycles. The number of carbonyl (C=O) groups is 2. The molecule has 0 spiro atoms. The van der Waals surface area contributed by atoms with E-state index in [4.69, 9.17) is 20.4 Å². The highest BCUT2D eigenvalue weighted by molar-refractivity contribution is 5.72. The van der Waals surface area contributed by atoms with Crippen molar-refractivity contribution in [3.63, 3.8) is 0 Å². The van der Waals surface area contributed by atoms with Crippen LogP contribution >= 0.6 is 0 Å². The molecule has 0 unspecified atom stereocenters. The zero-order chi connectivity index (χ0) is 16.5. The molecule has 2 fully saturated rings. The summed E-state index contributed by atoms with van der Waals surface area (Å²) < 4.78 is 0. The van der Waals surface area contributed by atoms with Gasteiger partial charge in [-0.25, -0.2) is 9.59 Å². The minimum atomic E-state index is -1.13. The maximum atomic E-state index is 10.3. The molecular formula is C16H28O6. The van der Waals surface area contributed by atoms with Crippen molar-refractivity contribution in [1.29, 1.82) is 0 Å². The molecule has 0 amide bonds. The number of rotatable bonds is 4. The molecule has 4 N–H and O–H groups in total. The normalized spacial score (nSPS) is 23.0. The summed E-state index contributed by atoms with van der Waals surface area (Å²) in [5.41, 5.74) is 0. The molecule has 22 heavy (non-hydrogen) atoms. The molecule has 128 valence electrons. The fourth-order valence-electron chi connectivity index (χ4n) is 3.30. The van der Waals surface area contributed by atoms with Crippen LogP contribution in [-0.2, 0) is 9.59 Å². The van der Waals surface area contributed by atoms with Crippen LogP contribution in [0.4, 0.5) is 0 Å². The first-order valence-electron chi connectivity index (χ1n) is 8.25. The van der Waals surface area contributed by atoms with Crippen molar-refractivity contribution in [2.24, 2.45) is 11.8 Å². The maximum absolute atomic E-state index is 10.3. The topological polar surface area (TPSA) is 115 Å². The Morgan fingerprint density at radius 1 is 0.636 bits per heavy atom. The molecule has 0 aliphatic heterocycles. The third-order valence-corrected chi connectivity index (χ3v) is 4.70. The Labute approximate surface area is 131 Å². The quantitative estimate of drug-likeness (QED) is 0.631. The molecule has 6 heteroatoms. The van der Waals surface area contributed by atoms with E-state index >= 15 is 0 Å². The van der Waals surface area contributed by atoms with Gasteiger partial charge in [-0.1, -0.05) is 38.5 Å². The van der Waals surface area contributed by atoms with Gasteiger partial charge in [-0.2, -0.15) is 0 Å². The van der Waals surface area contributed by atoms with Gasteiger partial charge >= 0.3 is 11.9 Å². The lowest BCUT2D eigenvalue weighted by atomic mass is 9.85. The molecule has 2 aliphatic rings. The van der Waals surface area contributed by atoms with Gasteiger partial charge in [0.15, 0.2) is 12.2 Å². The average molecular weight is 316 g/mol. The van der Waals surface area contributed by atoms with E-state index in [9.17, 15) is 9.59 Å². The Kier molecular flexibility index (Phi) is 8.42. The molecule has 0 radical (unpaired) electrons. The number of aliphatic carboxylic acids is 2. The van der Waals surface area contributed by atoms with Crippen LogP contribution < -0.4 is 0 Å². The lowest BCUT2D eigenvalue weighted by Gasteiger charge is -2.23. The van der Waals surface area contributed by atoms with Crippen LogP contribution in [0.15, 0.2) is 0 Å². The molecule has 0 aromatic heterocycles. The number of hydrogen-bond acceptors (Lipinski definition) is 4. The second-order valence-corrected chi connectivity index (χ2v) is 6.36.